The summed E-state index contributed by atoms with van der Waals surface area (Å²) in [4.78, 5) is 16.9. The van der Waals surface area contributed by atoms with Crippen LogP contribution in [0.15, 0.2) is 60.8 Å². The molecule has 1 saturated carbocycles. The molecule has 1 atom stereocenters. The Morgan fingerprint density at radius 2 is 2.00 bits per heavy atom. The number of primary amides is 1. The lowest BCUT2D eigenvalue weighted by atomic mass is 9.72. The minimum Gasteiger partial charge on any atom is -0.493 e. The van der Waals surface area contributed by atoms with Gasteiger partial charge in [0.1, 0.15) is 0 Å². The van der Waals surface area contributed by atoms with E-state index in [1.807, 2.05) is 16.6 Å². The number of rotatable bonds is 5. The number of nitrogens with zero attached hydrogens (tertiary/aromatic N) is 2. The molecule has 0 saturated heterocycles. The summed E-state index contributed by atoms with van der Waals surface area (Å²) in [5.41, 5.74) is 17.0. The highest BCUT2D eigenvalue weighted by Gasteiger charge is 2.34. The molecule has 158 valence electrons. The van der Waals surface area contributed by atoms with E-state index in [2.05, 4.69) is 36.4 Å². The Bertz CT molecular complexity index is 1220. The molecule has 1 fully saturated rings. The van der Waals surface area contributed by atoms with E-state index in [9.17, 15) is 4.79 Å². The second-order valence-electron chi connectivity index (χ2n) is 8.44. The first kappa shape index (κ1) is 19.6. The number of carbonyl (C=O) groups excluding carboxylic acids is 1. The molecule has 0 radical (unpaired) electrons. The number of benzene rings is 1. The lowest BCUT2D eigenvalue weighted by Crippen LogP contribution is -2.43. The number of carbonyl (C=O) groups is 1. The third-order valence-electron chi connectivity index (χ3n) is 6.54. The van der Waals surface area contributed by atoms with E-state index >= 15 is 0 Å². The van der Waals surface area contributed by atoms with E-state index < -0.39 is 5.91 Å². The van der Waals surface area contributed by atoms with E-state index in [0.717, 1.165) is 36.2 Å². The average molecular weight is 415 g/mol. The molecular weight excluding hydrogens is 388 g/mol. The number of hydrogen-bond donors (Lipinski definition) is 2. The molecule has 3 aromatic rings. The van der Waals surface area contributed by atoms with Gasteiger partial charge in [0, 0.05) is 23.2 Å². The Hall–Kier alpha value is -3.38. The summed E-state index contributed by atoms with van der Waals surface area (Å²) in [6, 6.07) is 10.1. The first-order valence-corrected chi connectivity index (χ1v) is 10.6. The van der Waals surface area contributed by atoms with Gasteiger partial charge < -0.3 is 16.2 Å². The highest BCUT2D eigenvalue weighted by molar-refractivity contribution is 5.93. The maximum atomic E-state index is 11.9. The van der Waals surface area contributed by atoms with Crippen LogP contribution >= 0.6 is 0 Å². The summed E-state index contributed by atoms with van der Waals surface area (Å²) in [5, 5.41) is 0. The lowest BCUT2D eigenvalue weighted by molar-refractivity contribution is 0.0999. The second kappa shape index (κ2) is 7.39. The van der Waals surface area contributed by atoms with Crippen molar-refractivity contribution in [2.45, 2.75) is 37.1 Å². The molecule has 2 aliphatic carbocycles. The third-order valence-corrected chi connectivity index (χ3v) is 6.54. The van der Waals surface area contributed by atoms with Crippen molar-refractivity contribution in [2.24, 2.45) is 11.5 Å². The first-order valence-electron chi connectivity index (χ1n) is 10.6. The standard InChI is InChI=1S/C25H26N4O2/c1-31-20-14-18(23(26)30)15-29-22(17-6-3-2-4-7-17)21(28-24(20)29)16-8-10-19(11-9-16)25(27)12-5-13-25/h2-4,6,8-11,14-15,17H,5,7,12-13,27H2,1H3,(H2,26,30). The monoisotopic (exact) mass is 414 g/mol. The third kappa shape index (κ3) is 3.24. The van der Waals surface area contributed by atoms with Gasteiger partial charge in [-0.1, -0.05) is 48.6 Å². The smallest absolute Gasteiger partial charge is 0.250 e. The van der Waals surface area contributed by atoms with Crippen LogP contribution in [0.2, 0.25) is 0 Å². The number of hydrogen-bond acceptors (Lipinski definition) is 4. The summed E-state index contributed by atoms with van der Waals surface area (Å²) in [6.07, 6.45) is 14.2. The van der Waals surface area contributed by atoms with E-state index in [1.54, 1.807) is 19.4 Å². The number of methoxy groups -OCH3 is 1. The van der Waals surface area contributed by atoms with Crippen LogP contribution in [-0.2, 0) is 5.54 Å². The Morgan fingerprint density at radius 1 is 1.23 bits per heavy atom. The molecule has 4 N–H and O–H groups in total. The van der Waals surface area contributed by atoms with E-state index in [0.29, 0.717) is 17.0 Å². The summed E-state index contributed by atoms with van der Waals surface area (Å²) in [7, 11) is 1.57. The zero-order valence-electron chi connectivity index (χ0n) is 17.5. The summed E-state index contributed by atoms with van der Waals surface area (Å²) >= 11 is 0. The van der Waals surface area contributed by atoms with Gasteiger partial charge in [-0.15, -0.1) is 0 Å². The quantitative estimate of drug-likeness (QED) is 0.658. The van der Waals surface area contributed by atoms with E-state index in [1.165, 1.54) is 12.0 Å². The van der Waals surface area contributed by atoms with Crippen LogP contribution < -0.4 is 16.2 Å². The van der Waals surface area contributed by atoms with Gasteiger partial charge >= 0.3 is 0 Å². The lowest BCUT2D eigenvalue weighted by Gasteiger charge is -2.38. The largest absolute Gasteiger partial charge is 0.493 e. The Kier molecular flexibility index (Phi) is 4.67. The molecular formula is C25H26N4O2. The van der Waals surface area contributed by atoms with Gasteiger partial charge in [-0.2, -0.15) is 0 Å². The molecule has 1 unspecified atom stereocenters. The Balaban J connectivity index is 1.70. The Morgan fingerprint density at radius 3 is 2.58 bits per heavy atom. The maximum Gasteiger partial charge on any atom is 0.250 e. The SMILES string of the molecule is COc1cc(C(N)=O)cn2c(C3C=CC=CC3)c(-c3ccc(C4(N)CCC4)cc3)nc12. The minimum atomic E-state index is -0.501. The van der Waals surface area contributed by atoms with Gasteiger partial charge in [0.15, 0.2) is 11.4 Å². The normalized spacial score (nSPS) is 19.4. The highest BCUT2D eigenvalue weighted by Crippen LogP contribution is 2.41. The molecule has 0 bridgehead atoms. The molecule has 5 rings (SSSR count). The van der Waals surface area contributed by atoms with Gasteiger partial charge in [0.25, 0.3) is 0 Å². The van der Waals surface area contributed by atoms with Gasteiger partial charge in [0.05, 0.1) is 24.1 Å². The van der Waals surface area contributed by atoms with Crippen molar-refractivity contribution < 1.29 is 9.53 Å². The minimum absolute atomic E-state index is 0.120. The molecule has 2 heterocycles. The number of nitrogens with two attached hydrogens (primary N) is 2. The van der Waals surface area contributed by atoms with Crippen molar-refractivity contribution in [3.8, 4) is 17.0 Å². The molecule has 1 aromatic carbocycles. The van der Waals surface area contributed by atoms with Crippen molar-refractivity contribution in [2.75, 3.05) is 7.11 Å². The van der Waals surface area contributed by atoms with Crippen molar-refractivity contribution in [1.82, 2.24) is 9.38 Å². The van der Waals surface area contributed by atoms with Gasteiger partial charge in [-0.05, 0) is 37.3 Å². The van der Waals surface area contributed by atoms with Crippen molar-refractivity contribution in [1.29, 1.82) is 0 Å². The summed E-state index contributed by atoms with van der Waals surface area (Å²) in [5.74, 6) is 0.139. The zero-order valence-corrected chi connectivity index (χ0v) is 17.5. The Labute approximate surface area is 181 Å². The molecule has 0 aliphatic heterocycles. The van der Waals surface area contributed by atoms with Gasteiger partial charge in [-0.3, -0.25) is 9.20 Å². The van der Waals surface area contributed by atoms with Gasteiger partial charge in [0.2, 0.25) is 5.91 Å². The average Bonchev–Trinajstić information content (AvgIpc) is 3.17. The molecule has 6 heteroatoms. The van der Waals surface area contributed by atoms with E-state index in [-0.39, 0.29) is 11.5 Å². The molecule has 1 amide bonds. The van der Waals surface area contributed by atoms with E-state index in [4.69, 9.17) is 21.2 Å². The van der Waals surface area contributed by atoms with Crippen LogP contribution in [0.25, 0.3) is 16.9 Å². The first-order chi connectivity index (χ1) is 15.0. The van der Waals surface area contributed by atoms with Crippen LogP contribution in [-0.4, -0.2) is 22.4 Å². The molecule has 6 nitrogen and oxygen atoms in total. The second-order valence-corrected chi connectivity index (χ2v) is 8.44. The predicted molar refractivity (Wildman–Crippen MR) is 121 cm³/mol. The fourth-order valence-corrected chi connectivity index (χ4v) is 4.57. The topological polar surface area (TPSA) is 95.6 Å². The van der Waals surface area contributed by atoms with Crippen molar-refractivity contribution >= 4 is 11.6 Å². The van der Waals surface area contributed by atoms with Crippen molar-refractivity contribution in [3.05, 3.63) is 77.7 Å². The number of imidazole rings is 1. The highest BCUT2D eigenvalue weighted by atomic mass is 16.5. The molecule has 2 aromatic heterocycles. The molecule has 0 spiro atoms. The predicted octanol–water partition coefficient (Wildman–Crippen LogP) is 4.05. The van der Waals surface area contributed by atoms with Crippen LogP contribution in [0.3, 0.4) is 0 Å². The fourth-order valence-electron chi connectivity index (χ4n) is 4.57. The number of fused-ring (bicyclic) bond motifs is 1. The summed E-state index contributed by atoms with van der Waals surface area (Å²) < 4.78 is 7.51. The van der Waals surface area contributed by atoms with Crippen LogP contribution in [0.5, 0.6) is 5.75 Å². The fraction of sp³-hybridized carbons (Fsp3) is 0.280. The summed E-state index contributed by atoms with van der Waals surface area (Å²) in [6.45, 7) is 0. The number of ether oxygens (including phenoxy) is 1. The van der Waals surface area contributed by atoms with Crippen LogP contribution in [0, 0.1) is 0 Å². The van der Waals surface area contributed by atoms with Crippen LogP contribution in [0.4, 0.5) is 0 Å². The number of amides is 1. The number of aromatic nitrogens is 2. The zero-order chi connectivity index (χ0) is 21.6. The van der Waals surface area contributed by atoms with Gasteiger partial charge in [-0.25, -0.2) is 4.98 Å². The van der Waals surface area contributed by atoms with Crippen LogP contribution in [0.1, 0.15) is 53.2 Å². The maximum absolute atomic E-state index is 11.9. The van der Waals surface area contributed by atoms with Crippen molar-refractivity contribution in [3.63, 3.8) is 0 Å². The number of pyridine rings is 1. The molecule has 2 aliphatic rings. The molecule has 31 heavy (non-hydrogen) atoms. The number of allylic oxidation sites excluding steroid dienone is 4.